The maximum Gasteiger partial charge on any atom is 0.234 e. The molecule has 1 N–H and O–H groups in total. The highest BCUT2D eigenvalue weighted by molar-refractivity contribution is 8.01. The molecule has 0 unspecified atom stereocenters. The lowest BCUT2D eigenvalue weighted by Gasteiger charge is -2.03. The quantitative estimate of drug-likeness (QED) is 0.683. The van der Waals surface area contributed by atoms with Crippen LogP contribution in [-0.4, -0.2) is 16.6 Å². The van der Waals surface area contributed by atoms with Gasteiger partial charge in [-0.05, 0) is 36.4 Å². The molecule has 0 atom stereocenters. The fourth-order valence-corrected chi connectivity index (χ4v) is 3.56. The minimum absolute atomic E-state index is 0.0697. The van der Waals surface area contributed by atoms with Crippen molar-refractivity contribution in [3.63, 3.8) is 0 Å². The first-order valence-electron chi connectivity index (χ1n) is 6.90. The number of para-hydroxylation sites is 1. The van der Waals surface area contributed by atoms with Gasteiger partial charge in [-0.3, -0.25) is 4.79 Å². The van der Waals surface area contributed by atoms with Crippen LogP contribution in [0.4, 0.5) is 10.1 Å². The third-order valence-electron chi connectivity index (χ3n) is 3.01. The van der Waals surface area contributed by atoms with Crippen molar-refractivity contribution in [2.45, 2.75) is 4.34 Å². The highest BCUT2D eigenvalue weighted by atomic mass is 32.2. The predicted octanol–water partition coefficient (Wildman–Crippen LogP) is 4.68. The van der Waals surface area contributed by atoms with E-state index < -0.39 is 0 Å². The van der Waals surface area contributed by atoms with Crippen molar-refractivity contribution in [1.82, 2.24) is 4.98 Å². The fourth-order valence-electron chi connectivity index (χ4n) is 1.92. The Hall–Kier alpha value is -2.18. The normalized spacial score (nSPS) is 10.5. The lowest BCUT2D eigenvalue weighted by Crippen LogP contribution is -2.13. The molecule has 0 saturated carbocycles. The van der Waals surface area contributed by atoms with Crippen LogP contribution in [0.15, 0.2) is 64.3 Å². The number of carbonyl (C=O) groups excluding carboxylic acids is 1. The average Bonchev–Trinajstić information content (AvgIpc) is 3.04. The highest BCUT2D eigenvalue weighted by Gasteiger charge is 2.08. The minimum atomic E-state index is -0.267. The van der Waals surface area contributed by atoms with E-state index in [1.54, 1.807) is 12.1 Å². The summed E-state index contributed by atoms with van der Waals surface area (Å²) in [7, 11) is 0. The molecule has 0 aliphatic heterocycles. The molecule has 0 bridgehead atoms. The summed E-state index contributed by atoms with van der Waals surface area (Å²) in [6, 6.07) is 15.6. The topological polar surface area (TPSA) is 42.0 Å². The SMILES string of the molecule is O=C(CSc1nc(-c2ccc(F)cc2)cs1)Nc1ccccc1. The van der Waals surface area contributed by atoms with Crippen molar-refractivity contribution >= 4 is 34.7 Å². The van der Waals surface area contributed by atoms with E-state index in [-0.39, 0.29) is 11.7 Å². The summed E-state index contributed by atoms with van der Waals surface area (Å²) in [5.41, 5.74) is 2.44. The number of amides is 1. The van der Waals surface area contributed by atoms with Gasteiger partial charge in [0.2, 0.25) is 5.91 Å². The molecule has 0 saturated heterocycles. The summed E-state index contributed by atoms with van der Waals surface area (Å²) in [5.74, 6) is -0.0402. The second kappa shape index (κ2) is 7.39. The molecule has 6 heteroatoms. The zero-order valence-corrected chi connectivity index (χ0v) is 13.7. The van der Waals surface area contributed by atoms with Gasteiger partial charge in [-0.1, -0.05) is 30.0 Å². The fraction of sp³-hybridized carbons (Fsp3) is 0.0588. The first-order valence-corrected chi connectivity index (χ1v) is 8.76. The molecule has 0 spiro atoms. The third-order valence-corrected chi connectivity index (χ3v) is 5.03. The van der Waals surface area contributed by atoms with Crippen molar-refractivity contribution in [3.05, 3.63) is 65.8 Å². The van der Waals surface area contributed by atoms with Crippen LogP contribution in [0.25, 0.3) is 11.3 Å². The van der Waals surface area contributed by atoms with E-state index >= 15 is 0 Å². The maximum atomic E-state index is 12.9. The number of carbonyl (C=O) groups is 1. The van der Waals surface area contributed by atoms with Gasteiger partial charge in [0, 0.05) is 16.6 Å². The number of benzene rings is 2. The van der Waals surface area contributed by atoms with Crippen molar-refractivity contribution < 1.29 is 9.18 Å². The van der Waals surface area contributed by atoms with Gasteiger partial charge in [-0.2, -0.15) is 0 Å². The Morgan fingerprint density at radius 2 is 1.87 bits per heavy atom. The van der Waals surface area contributed by atoms with E-state index in [1.807, 2.05) is 35.7 Å². The molecule has 3 nitrogen and oxygen atoms in total. The zero-order valence-electron chi connectivity index (χ0n) is 12.0. The summed E-state index contributed by atoms with van der Waals surface area (Å²) in [6.45, 7) is 0. The molecule has 0 aliphatic carbocycles. The molecule has 116 valence electrons. The molecule has 3 rings (SSSR count). The average molecular weight is 344 g/mol. The van der Waals surface area contributed by atoms with Gasteiger partial charge in [0.25, 0.3) is 0 Å². The number of nitrogens with one attached hydrogen (secondary N) is 1. The number of thiazole rings is 1. The van der Waals surface area contributed by atoms with Gasteiger partial charge in [0.15, 0.2) is 4.34 Å². The van der Waals surface area contributed by atoms with Crippen molar-refractivity contribution in [2.75, 3.05) is 11.1 Å². The number of nitrogens with zero attached hydrogens (tertiary/aromatic N) is 1. The van der Waals surface area contributed by atoms with E-state index in [0.29, 0.717) is 5.75 Å². The van der Waals surface area contributed by atoms with Gasteiger partial charge < -0.3 is 5.32 Å². The zero-order chi connectivity index (χ0) is 16.1. The van der Waals surface area contributed by atoms with Gasteiger partial charge in [0.05, 0.1) is 11.4 Å². The molecular formula is C17H13FN2OS2. The standard InChI is InChI=1S/C17H13FN2OS2/c18-13-8-6-12(7-9-13)15-10-22-17(20-15)23-11-16(21)19-14-4-2-1-3-5-14/h1-10H,11H2,(H,19,21). The second-order valence-corrected chi connectivity index (χ2v) is 6.79. The van der Waals surface area contributed by atoms with Crippen molar-refractivity contribution in [1.29, 1.82) is 0 Å². The molecule has 1 aromatic heterocycles. The van der Waals surface area contributed by atoms with Gasteiger partial charge in [0.1, 0.15) is 5.82 Å². The number of anilines is 1. The van der Waals surface area contributed by atoms with Crippen LogP contribution in [-0.2, 0) is 4.79 Å². The Bertz CT molecular complexity index is 788. The Balaban J connectivity index is 1.57. The molecule has 1 heterocycles. The van der Waals surface area contributed by atoms with Crippen molar-refractivity contribution in [3.8, 4) is 11.3 Å². The second-order valence-electron chi connectivity index (χ2n) is 4.71. The van der Waals surface area contributed by atoms with Crippen LogP contribution in [0.2, 0.25) is 0 Å². The number of hydrogen-bond donors (Lipinski definition) is 1. The summed E-state index contributed by atoms with van der Waals surface area (Å²) < 4.78 is 13.7. The summed E-state index contributed by atoms with van der Waals surface area (Å²) in [6.07, 6.45) is 0. The van der Waals surface area contributed by atoms with Gasteiger partial charge >= 0.3 is 0 Å². The number of hydrogen-bond acceptors (Lipinski definition) is 4. The van der Waals surface area contributed by atoms with Crippen LogP contribution in [0.5, 0.6) is 0 Å². The Morgan fingerprint density at radius 3 is 2.61 bits per heavy atom. The Kier molecular flexibility index (Phi) is 5.05. The summed E-state index contributed by atoms with van der Waals surface area (Å²) >= 11 is 2.86. The first kappa shape index (κ1) is 15.7. The Morgan fingerprint density at radius 1 is 1.13 bits per heavy atom. The van der Waals surface area contributed by atoms with E-state index in [1.165, 1.54) is 35.2 Å². The van der Waals surface area contributed by atoms with Crippen LogP contribution in [0.3, 0.4) is 0 Å². The molecule has 2 aromatic carbocycles. The lowest BCUT2D eigenvalue weighted by atomic mass is 10.2. The smallest absolute Gasteiger partial charge is 0.234 e. The maximum absolute atomic E-state index is 12.9. The van der Waals surface area contributed by atoms with E-state index in [9.17, 15) is 9.18 Å². The lowest BCUT2D eigenvalue weighted by molar-refractivity contribution is -0.113. The van der Waals surface area contributed by atoms with E-state index in [4.69, 9.17) is 0 Å². The summed E-state index contributed by atoms with van der Waals surface area (Å²) in [4.78, 5) is 16.4. The first-order chi connectivity index (χ1) is 11.2. The number of halogens is 1. The van der Waals surface area contributed by atoms with Gasteiger partial charge in [-0.15, -0.1) is 11.3 Å². The molecule has 3 aromatic rings. The molecule has 0 aliphatic rings. The molecule has 0 radical (unpaired) electrons. The predicted molar refractivity (Wildman–Crippen MR) is 93.3 cm³/mol. The Labute approximate surface area is 141 Å². The van der Waals surface area contributed by atoms with Crippen LogP contribution in [0, 0.1) is 5.82 Å². The molecule has 23 heavy (non-hydrogen) atoms. The van der Waals surface area contributed by atoms with Crippen LogP contribution in [0.1, 0.15) is 0 Å². The number of thioether (sulfide) groups is 1. The molecule has 0 fully saturated rings. The number of aromatic nitrogens is 1. The highest BCUT2D eigenvalue weighted by Crippen LogP contribution is 2.28. The monoisotopic (exact) mass is 344 g/mol. The summed E-state index contributed by atoms with van der Waals surface area (Å²) in [5, 5.41) is 4.74. The van der Waals surface area contributed by atoms with Crippen LogP contribution < -0.4 is 5.32 Å². The number of rotatable bonds is 5. The van der Waals surface area contributed by atoms with Gasteiger partial charge in [-0.25, -0.2) is 9.37 Å². The van der Waals surface area contributed by atoms with E-state index in [2.05, 4.69) is 10.3 Å². The third kappa shape index (κ3) is 4.40. The minimum Gasteiger partial charge on any atom is -0.325 e. The molecule has 1 amide bonds. The van der Waals surface area contributed by atoms with Crippen molar-refractivity contribution in [2.24, 2.45) is 0 Å². The van der Waals surface area contributed by atoms with Crippen LogP contribution >= 0.6 is 23.1 Å². The largest absolute Gasteiger partial charge is 0.325 e. The van der Waals surface area contributed by atoms with E-state index in [0.717, 1.165) is 21.3 Å². The molecular weight excluding hydrogens is 331 g/mol.